The van der Waals surface area contributed by atoms with Crippen LogP contribution in [0, 0.1) is 17.8 Å². The van der Waals surface area contributed by atoms with E-state index >= 15 is 0 Å². The monoisotopic (exact) mass is 445 g/mol. The average Bonchev–Trinajstić information content (AvgIpc) is 3.01. The van der Waals surface area contributed by atoms with Crippen LogP contribution in [0.25, 0.3) is 0 Å². The number of benzene rings is 1. The van der Waals surface area contributed by atoms with E-state index in [1.165, 1.54) is 11.0 Å². The highest BCUT2D eigenvalue weighted by molar-refractivity contribution is 6.23. The van der Waals surface area contributed by atoms with Crippen molar-refractivity contribution in [3.05, 3.63) is 64.3 Å². The maximum Gasteiger partial charge on any atom is 0.234 e. The van der Waals surface area contributed by atoms with Gasteiger partial charge in [-0.15, -0.1) is 0 Å². The van der Waals surface area contributed by atoms with E-state index in [-0.39, 0.29) is 41.5 Å². The van der Waals surface area contributed by atoms with Crippen LogP contribution >= 0.6 is 0 Å². The highest BCUT2D eigenvalue weighted by Gasteiger charge is 2.58. The smallest absolute Gasteiger partial charge is 0.234 e. The minimum Gasteiger partial charge on any atom is -0.508 e. The second-order valence-corrected chi connectivity index (χ2v) is 10.5. The Labute approximate surface area is 192 Å². The van der Waals surface area contributed by atoms with Gasteiger partial charge in [0.2, 0.25) is 11.8 Å². The Morgan fingerprint density at radius 2 is 1.76 bits per heavy atom. The van der Waals surface area contributed by atoms with Crippen molar-refractivity contribution in [2.75, 3.05) is 0 Å². The van der Waals surface area contributed by atoms with Gasteiger partial charge in [-0.05, 0) is 70.2 Å². The molecule has 0 aromatic heterocycles. The molecule has 2 amide bonds. The molecule has 6 heteroatoms. The van der Waals surface area contributed by atoms with E-state index in [9.17, 15) is 24.3 Å². The van der Waals surface area contributed by atoms with E-state index in [1.807, 2.05) is 32.9 Å². The Bertz CT molecular complexity index is 1230. The topological polar surface area (TPSA) is 91.8 Å². The van der Waals surface area contributed by atoms with Crippen LogP contribution in [0.2, 0.25) is 0 Å². The van der Waals surface area contributed by atoms with Crippen LogP contribution < -0.4 is 0 Å². The normalized spacial score (nSPS) is 29.5. The molecule has 1 saturated heterocycles. The van der Waals surface area contributed by atoms with Crippen LogP contribution in [-0.2, 0) is 19.2 Å². The Balaban J connectivity index is 1.69. The van der Waals surface area contributed by atoms with Crippen molar-refractivity contribution in [1.82, 2.24) is 4.90 Å². The van der Waals surface area contributed by atoms with Gasteiger partial charge in [-0.3, -0.25) is 24.1 Å². The number of phenols is 1. The third kappa shape index (κ3) is 3.07. The maximum absolute atomic E-state index is 13.6. The summed E-state index contributed by atoms with van der Waals surface area (Å²) in [5.74, 6) is -2.57. The summed E-state index contributed by atoms with van der Waals surface area (Å²) in [6, 6.07) is 6.71. The Hall–Kier alpha value is -3.28. The minimum absolute atomic E-state index is 0.0680. The summed E-state index contributed by atoms with van der Waals surface area (Å²) in [5, 5.41) is 10.1. The van der Waals surface area contributed by atoms with Gasteiger partial charge in [0.15, 0.2) is 11.6 Å². The van der Waals surface area contributed by atoms with Crippen LogP contribution in [0.1, 0.15) is 52.0 Å². The molecule has 0 radical (unpaired) electrons. The fraction of sp³-hybridized carbons (Fsp3) is 0.407. The average molecular weight is 446 g/mol. The Kier molecular flexibility index (Phi) is 4.64. The van der Waals surface area contributed by atoms with E-state index in [0.717, 1.165) is 5.57 Å². The van der Waals surface area contributed by atoms with Crippen molar-refractivity contribution in [1.29, 1.82) is 0 Å². The van der Waals surface area contributed by atoms with Crippen molar-refractivity contribution in [2.24, 2.45) is 17.8 Å². The van der Waals surface area contributed by atoms with Gasteiger partial charge < -0.3 is 5.11 Å². The van der Waals surface area contributed by atoms with Crippen LogP contribution in [0.4, 0.5) is 0 Å². The zero-order valence-corrected chi connectivity index (χ0v) is 19.2. The van der Waals surface area contributed by atoms with Crippen molar-refractivity contribution < 1.29 is 24.3 Å². The van der Waals surface area contributed by atoms with Gasteiger partial charge in [-0.25, -0.2) is 0 Å². The first-order valence-corrected chi connectivity index (χ1v) is 11.4. The second-order valence-electron chi connectivity index (χ2n) is 10.5. The van der Waals surface area contributed by atoms with Crippen LogP contribution in [-0.4, -0.2) is 38.9 Å². The van der Waals surface area contributed by atoms with Crippen LogP contribution in [0.15, 0.2) is 58.7 Å². The SMILES string of the molecule is CC1=CC(=O)C2=C(C[C@@H]3C(=CC[C@@H]4C(=O)N(C(C)(C)C)C(=O)[C@@H]43)[C@@H]2c2cccc(O)c2)C1=O. The first-order valence-electron chi connectivity index (χ1n) is 11.4. The molecule has 1 aromatic carbocycles. The van der Waals surface area contributed by atoms with Crippen molar-refractivity contribution in [3.8, 4) is 5.75 Å². The van der Waals surface area contributed by atoms with Gasteiger partial charge >= 0.3 is 0 Å². The summed E-state index contributed by atoms with van der Waals surface area (Å²) in [6.45, 7) is 7.18. The summed E-state index contributed by atoms with van der Waals surface area (Å²) in [7, 11) is 0. The lowest BCUT2D eigenvalue weighted by molar-refractivity contribution is -0.145. The lowest BCUT2D eigenvalue weighted by Crippen LogP contribution is -2.46. The molecule has 1 N–H and O–H groups in total. The van der Waals surface area contributed by atoms with Gasteiger partial charge in [0.1, 0.15) is 5.75 Å². The van der Waals surface area contributed by atoms with Crippen molar-refractivity contribution in [3.63, 3.8) is 0 Å². The number of nitrogens with zero attached hydrogens (tertiary/aromatic N) is 1. The molecular weight excluding hydrogens is 418 g/mol. The van der Waals surface area contributed by atoms with Crippen molar-refractivity contribution >= 4 is 23.4 Å². The van der Waals surface area contributed by atoms with E-state index in [1.54, 1.807) is 25.1 Å². The number of likely N-dealkylation sites (tertiary alicyclic amines) is 1. The molecule has 0 saturated carbocycles. The summed E-state index contributed by atoms with van der Waals surface area (Å²) in [4.78, 5) is 54.5. The number of carbonyl (C=O) groups is 4. The van der Waals surface area contributed by atoms with Crippen LogP contribution in [0.5, 0.6) is 5.75 Å². The van der Waals surface area contributed by atoms with Crippen molar-refractivity contribution in [2.45, 2.75) is 52.0 Å². The number of ketones is 2. The molecular formula is C27H27NO5. The predicted octanol–water partition coefficient (Wildman–Crippen LogP) is 3.62. The molecule has 170 valence electrons. The third-order valence-corrected chi connectivity index (χ3v) is 7.44. The molecule has 33 heavy (non-hydrogen) atoms. The molecule has 1 heterocycles. The van der Waals surface area contributed by atoms with E-state index in [4.69, 9.17) is 0 Å². The van der Waals surface area contributed by atoms with E-state index in [0.29, 0.717) is 28.7 Å². The number of hydrogen-bond donors (Lipinski definition) is 1. The standard InChI is InChI=1S/C27H27NO5/c1-13-10-20(30)23-19(24(13)31)12-18-16(21(23)14-6-5-7-15(29)11-14)8-9-17-22(18)26(33)28(25(17)32)27(2,3)4/h5-8,10-11,17-18,21-22,29H,9,12H2,1-4H3/t17-,18+,21-,22-/m0/s1. The second kappa shape index (κ2) is 7.11. The Morgan fingerprint density at radius 3 is 2.42 bits per heavy atom. The number of aromatic hydroxyl groups is 1. The van der Waals surface area contributed by atoms with Gasteiger partial charge in [-0.2, -0.15) is 0 Å². The van der Waals surface area contributed by atoms with E-state index in [2.05, 4.69) is 0 Å². The highest BCUT2D eigenvalue weighted by Crippen LogP contribution is 2.55. The first kappa shape index (κ1) is 21.6. The maximum atomic E-state index is 13.6. The van der Waals surface area contributed by atoms with Gasteiger partial charge in [0.05, 0.1) is 11.8 Å². The molecule has 4 atom stereocenters. The summed E-state index contributed by atoms with van der Waals surface area (Å²) in [5.41, 5.74) is 2.22. The first-order chi connectivity index (χ1) is 15.5. The van der Waals surface area contributed by atoms with Crippen LogP contribution in [0.3, 0.4) is 0 Å². The summed E-state index contributed by atoms with van der Waals surface area (Å²) < 4.78 is 0. The lowest BCUT2D eigenvalue weighted by atomic mass is 9.59. The highest BCUT2D eigenvalue weighted by atomic mass is 16.3. The fourth-order valence-corrected chi connectivity index (χ4v) is 6.13. The van der Waals surface area contributed by atoms with Gasteiger partial charge in [-0.1, -0.05) is 23.8 Å². The number of amides is 2. The lowest BCUT2D eigenvalue weighted by Gasteiger charge is -2.42. The molecule has 0 unspecified atom stereocenters. The summed E-state index contributed by atoms with van der Waals surface area (Å²) >= 11 is 0. The number of hydrogen-bond acceptors (Lipinski definition) is 5. The van der Waals surface area contributed by atoms with E-state index < -0.39 is 23.3 Å². The number of phenolic OH excluding ortho intramolecular Hbond substituents is 1. The zero-order valence-electron chi connectivity index (χ0n) is 19.2. The number of fused-ring (bicyclic) bond motifs is 3. The molecule has 0 bridgehead atoms. The Morgan fingerprint density at radius 1 is 1.03 bits per heavy atom. The number of carbonyl (C=O) groups excluding carboxylic acids is 4. The third-order valence-electron chi connectivity index (χ3n) is 7.44. The zero-order chi connectivity index (χ0) is 23.8. The molecule has 3 aliphatic carbocycles. The molecule has 1 aliphatic heterocycles. The molecule has 1 fully saturated rings. The molecule has 6 nitrogen and oxygen atoms in total. The summed E-state index contributed by atoms with van der Waals surface area (Å²) in [6.07, 6.45) is 4.06. The molecule has 4 aliphatic rings. The van der Waals surface area contributed by atoms with Gasteiger partial charge in [0, 0.05) is 28.2 Å². The number of Topliss-reactive ketones (excluding diaryl/α,β-unsaturated/α-hetero) is 1. The predicted molar refractivity (Wildman–Crippen MR) is 121 cm³/mol. The van der Waals surface area contributed by atoms with Gasteiger partial charge in [0.25, 0.3) is 0 Å². The molecule has 0 spiro atoms. The fourth-order valence-electron chi connectivity index (χ4n) is 6.13. The number of allylic oxidation sites excluding steroid dienone is 6. The minimum atomic E-state index is -0.634. The largest absolute Gasteiger partial charge is 0.508 e. The quantitative estimate of drug-likeness (QED) is 0.405. The number of rotatable bonds is 1. The molecule has 5 rings (SSSR count). The molecule has 1 aromatic rings. The number of imide groups is 1.